The third-order valence-electron chi connectivity index (χ3n) is 3.66. The monoisotopic (exact) mass is 269 g/mol. The molecule has 2 rings (SSSR count). The summed E-state index contributed by atoms with van der Waals surface area (Å²) in [5.74, 6) is -0.0319. The van der Waals surface area contributed by atoms with Crippen LogP contribution in [0.3, 0.4) is 0 Å². The molecular formula is C12H17BClNO3. The molecule has 0 spiro atoms. The molecule has 4 nitrogen and oxygen atoms in total. The molecule has 0 atom stereocenters. The van der Waals surface area contributed by atoms with Crippen LogP contribution in [0, 0.1) is 0 Å². The zero-order valence-electron chi connectivity index (χ0n) is 11.0. The number of halogens is 1. The highest BCUT2D eigenvalue weighted by molar-refractivity contribution is 6.64. The zero-order chi connectivity index (χ0) is 13.7. The molecule has 1 fully saturated rings. The first-order valence-electron chi connectivity index (χ1n) is 5.77. The van der Waals surface area contributed by atoms with Gasteiger partial charge in [-0.15, -0.1) is 0 Å². The van der Waals surface area contributed by atoms with Gasteiger partial charge in [-0.3, -0.25) is 0 Å². The van der Waals surface area contributed by atoms with E-state index in [9.17, 15) is 5.11 Å². The van der Waals surface area contributed by atoms with Crippen LogP contribution < -0.4 is 11.2 Å². The first-order chi connectivity index (χ1) is 8.14. The van der Waals surface area contributed by atoms with E-state index in [1.165, 1.54) is 12.1 Å². The second kappa shape index (κ2) is 4.05. The highest BCUT2D eigenvalue weighted by Gasteiger charge is 2.52. The van der Waals surface area contributed by atoms with Gasteiger partial charge in [-0.05, 0) is 39.8 Å². The van der Waals surface area contributed by atoms with Crippen LogP contribution in [0.4, 0.5) is 5.69 Å². The fraction of sp³-hybridized carbons (Fsp3) is 0.500. The minimum absolute atomic E-state index is 0.0319. The Balaban J connectivity index is 2.38. The molecule has 18 heavy (non-hydrogen) atoms. The molecule has 1 aromatic carbocycles. The Hall–Kier alpha value is -0.905. The van der Waals surface area contributed by atoms with Crippen molar-refractivity contribution in [2.24, 2.45) is 0 Å². The Morgan fingerprint density at radius 1 is 1.17 bits per heavy atom. The van der Waals surface area contributed by atoms with Gasteiger partial charge in [-0.25, -0.2) is 0 Å². The predicted octanol–water partition coefficient (Wildman–Crippen LogP) is 1.93. The van der Waals surface area contributed by atoms with Gasteiger partial charge in [0.1, 0.15) is 5.75 Å². The molecule has 98 valence electrons. The maximum Gasteiger partial charge on any atom is 0.497 e. The minimum Gasteiger partial charge on any atom is -0.506 e. The summed E-state index contributed by atoms with van der Waals surface area (Å²) in [7, 11) is -0.599. The molecule has 1 heterocycles. The SMILES string of the molecule is CC1(C)OB(c2cc(O)c(Cl)cc2N)OC1(C)C. The first kappa shape index (κ1) is 13.5. The Bertz CT molecular complexity index is 474. The smallest absolute Gasteiger partial charge is 0.497 e. The van der Waals surface area contributed by atoms with Crippen molar-refractivity contribution < 1.29 is 14.4 Å². The van der Waals surface area contributed by atoms with Gasteiger partial charge in [0, 0.05) is 11.2 Å². The average Bonchev–Trinajstić information content (AvgIpc) is 2.42. The number of phenolic OH excluding ortho intramolecular Hbond substituents is 1. The van der Waals surface area contributed by atoms with Gasteiger partial charge in [0.15, 0.2) is 0 Å². The Kier molecular flexibility index (Phi) is 3.04. The Morgan fingerprint density at radius 2 is 1.67 bits per heavy atom. The number of anilines is 1. The van der Waals surface area contributed by atoms with Crippen molar-refractivity contribution in [3.8, 4) is 5.75 Å². The highest BCUT2D eigenvalue weighted by Crippen LogP contribution is 2.37. The minimum atomic E-state index is -0.599. The maximum atomic E-state index is 9.65. The molecule has 3 N–H and O–H groups in total. The van der Waals surface area contributed by atoms with E-state index in [0.29, 0.717) is 11.2 Å². The molecule has 0 amide bonds. The predicted molar refractivity (Wildman–Crippen MR) is 73.2 cm³/mol. The molecule has 0 bridgehead atoms. The molecule has 0 radical (unpaired) electrons. The van der Waals surface area contributed by atoms with E-state index < -0.39 is 18.3 Å². The first-order valence-corrected chi connectivity index (χ1v) is 6.15. The molecule has 1 aliphatic heterocycles. The van der Waals surface area contributed by atoms with Crippen LogP contribution in [0.1, 0.15) is 27.7 Å². The normalized spacial score (nSPS) is 21.3. The van der Waals surface area contributed by atoms with Crippen molar-refractivity contribution in [1.82, 2.24) is 0 Å². The molecule has 6 heteroatoms. The highest BCUT2D eigenvalue weighted by atomic mass is 35.5. The van der Waals surface area contributed by atoms with Crippen molar-refractivity contribution in [2.75, 3.05) is 5.73 Å². The van der Waals surface area contributed by atoms with E-state index in [0.717, 1.165) is 0 Å². The third kappa shape index (κ3) is 2.07. The molecule has 0 unspecified atom stereocenters. The van der Waals surface area contributed by atoms with Crippen LogP contribution in [0.15, 0.2) is 12.1 Å². The molecular weight excluding hydrogens is 252 g/mol. The second-order valence-corrected chi connectivity index (χ2v) is 5.93. The van der Waals surface area contributed by atoms with Crippen LogP contribution in [-0.4, -0.2) is 23.4 Å². The summed E-state index contributed by atoms with van der Waals surface area (Å²) in [4.78, 5) is 0. The van der Waals surface area contributed by atoms with Gasteiger partial charge in [0.25, 0.3) is 0 Å². The summed E-state index contributed by atoms with van der Waals surface area (Å²) in [6.45, 7) is 7.83. The van der Waals surface area contributed by atoms with E-state index in [1.807, 2.05) is 27.7 Å². The lowest BCUT2D eigenvalue weighted by atomic mass is 9.78. The van der Waals surface area contributed by atoms with E-state index in [4.69, 9.17) is 26.6 Å². The zero-order valence-corrected chi connectivity index (χ0v) is 11.7. The van der Waals surface area contributed by atoms with Crippen LogP contribution in [-0.2, 0) is 9.31 Å². The number of benzene rings is 1. The van der Waals surface area contributed by atoms with Gasteiger partial charge in [0.05, 0.1) is 16.2 Å². The summed E-state index contributed by atoms with van der Waals surface area (Å²) in [5.41, 5.74) is 6.04. The number of aromatic hydroxyl groups is 1. The van der Waals surface area contributed by atoms with Crippen molar-refractivity contribution in [3.63, 3.8) is 0 Å². The quantitative estimate of drug-likeness (QED) is 0.464. The van der Waals surface area contributed by atoms with Gasteiger partial charge in [0.2, 0.25) is 0 Å². The fourth-order valence-corrected chi connectivity index (χ4v) is 1.94. The summed E-state index contributed by atoms with van der Waals surface area (Å²) >= 11 is 5.79. The summed E-state index contributed by atoms with van der Waals surface area (Å²) in [6.07, 6.45) is 0. The number of rotatable bonds is 1. The third-order valence-corrected chi connectivity index (χ3v) is 3.96. The van der Waals surface area contributed by atoms with E-state index in [-0.39, 0.29) is 10.8 Å². The van der Waals surface area contributed by atoms with Gasteiger partial charge in [-0.2, -0.15) is 0 Å². The topological polar surface area (TPSA) is 64.7 Å². The van der Waals surface area contributed by atoms with E-state index in [2.05, 4.69) is 0 Å². The lowest BCUT2D eigenvalue weighted by molar-refractivity contribution is 0.00578. The number of hydrogen-bond donors (Lipinski definition) is 2. The summed E-state index contributed by atoms with van der Waals surface area (Å²) in [5, 5.41) is 9.86. The molecule has 1 aliphatic rings. The Morgan fingerprint density at radius 3 is 2.17 bits per heavy atom. The molecule has 1 aromatic rings. The van der Waals surface area contributed by atoms with Gasteiger partial charge >= 0.3 is 7.12 Å². The maximum absolute atomic E-state index is 9.65. The molecule has 0 aliphatic carbocycles. The number of hydrogen-bond acceptors (Lipinski definition) is 4. The van der Waals surface area contributed by atoms with Gasteiger partial charge < -0.3 is 20.1 Å². The molecule has 1 saturated heterocycles. The van der Waals surface area contributed by atoms with Crippen LogP contribution >= 0.6 is 11.6 Å². The Labute approximate surface area is 112 Å². The molecule has 0 aromatic heterocycles. The summed E-state index contributed by atoms with van der Waals surface area (Å²) in [6, 6.07) is 2.98. The van der Waals surface area contributed by atoms with Crippen LogP contribution in [0.5, 0.6) is 5.75 Å². The van der Waals surface area contributed by atoms with E-state index >= 15 is 0 Å². The van der Waals surface area contributed by atoms with Gasteiger partial charge in [-0.1, -0.05) is 11.6 Å². The van der Waals surface area contributed by atoms with Crippen molar-refractivity contribution in [3.05, 3.63) is 17.2 Å². The lowest BCUT2D eigenvalue weighted by Gasteiger charge is -2.32. The lowest BCUT2D eigenvalue weighted by Crippen LogP contribution is -2.41. The summed E-state index contributed by atoms with van der Waals surface area (Å²) < 4.78 is 11.7. The van der Waals surface area contributed by atoms with Crippen molar-refractivity contribution in [1.29, 1.82) is 0 Å². The molecule has 0 saturated carbocycles. The fourth-order valence-electron chi connectivity index (χ4n) is 1.77. The van der Waals surface area contributed by atoms with E-state index in [1.54, 1.807) is 0 Å². The van der Waals surface area contributed by atoms with Crippen molar-refractivity contribution >= 4 is 29.9 Å². The second-order valence-electron chi connectivity index (χ2n) is 5.52. The van der Waals surface area contributed by atoms with Crippen molar-refractivity contribution in [2.45, 2.75) is 38.9 Å². The number of nitrogen functional groups attached to an aromatic ring is 1. The number of nitrogens with two attached hydrogens (primary N) is 1. The average molecular weight is 270 g/mol. The van der Waals surface area contributed by atoms with Crippen LogP contribution in [0.25, 0.3) is 0 Å². The number of phenols is 1. The standard InChI is InChI=1S/C12H17BClNO3/c1-11(2)12(3,4)18-13(17-11)7-5-10(16)8(14)6-9(7)15/h5-6,16H,15H2,1-4H3. The van der Waals surface area contributed by atoms with Crippen LogP contribution in [0.2, 0.25) is 5.02 Å². The largest absolute Gasteiger partial charge is 0.506 e.